The molecular formula is C37H26N3OP. The lowest BCUT2D eigenvalue weighted by molar-refractivity contribution is 0.591. The van der Waals surface area contributed by atoms with Crippen molar-refractivity contribution in [3.05, 3.63) is 140 Å². The summed E-state index contributed by atoms with van der Waals surface area (Å²) in [4.78, 5) is 5.01. The third-order valence-corrected chi connectivity index (χ3v) is 10.8. The van der Waals surface area contributed by atoms with Crippen molar-refractivity contribution >= 4 is 23.4 Å². The van der Waals surface area contributed by atoms with Crippen LogP contribution in [-0.4, -0.2) is 21.3 Å². The van der Waals surface area contributed by atoms with Crippen molar-refractivity contribution in [2.24, 2.45) is 0 Å². The third-order valence-electron chi connectivity index (χ3n) is 8.20. The van der Waals surface area contributed by atoms with Gasteiger partial charge in [0, 0.05) is 33.5 Å². The normalized spacial score (nSPS) is 15.5. The number of fused-ring (bicyclic) bond motifs is 4. The van der Waals surface area contributed by atoms with Crippen LogP contribution in [0.4, 0.5) is 0 Å². The Balaban J connectivity index is 1.23. The Labute approximate surface area is 244 Å². The van der Waals surface area contributed by atoms with Crippen molar-refractivity contribution in [3.63, 3.8) is 0 Å². The molecule has 7 aromatic rings. The van der Waals surface area contributed by atoms with Crippen LogP contribution in [-0.2, 0) is 4.57 Å². The lowest BCUT2D eigenvalue weighted by atomic mass is 9.98. The molecule has 1 atom stereocenters. The molecule has 200 valence electrons. The average molecular weight is 560 g/mol. The fourth-order valence-corrected chi connectivity index (χ4v) is 8.76. The second-order valence-electron chi connectivity index (χ2n) is 10.8. The summed E-state index contributed by atoms with van der Waals surface area (Å²) in [5, 5.41) is 6.82. The van der Waals surface area contributed by atoms with E-state index < -0.39 is 7.14 Å². The molecule has 0 saturated heterocycles. The molecule has 0 fully saturated rings. The molecule has 0 amide bonds. The molecule has 4 nitrogen and oxygen atoms in total. The summed E-state index contributed by atoms with van der Waals surface area (Å²) in [5.74, 6) is 0.663. The molecule has 0 spiro atoms. The molecule has 42 heavy (non-hydrogen) atoms. The molecule has 8 rings (SSSR count). The number of hydrogen-bond donors (Lipinski definition) is 0. The minimum atomic E-state index is -2.71. The largest absolute Gasteiger partial charge is 0.314 e. The van der Waals surface area contributed by atoms with Crippen molar-refractivity contribution in [1.29, 1.82) is 0 Å². The third kappa shape index (κ3) is 3.88. The van der Waals surface area contributed by atoms with Crippen LogP contribution in [0.3, 0.4) is 0 Å². The van der Waals surface area contributed by atoms with E-state index in [0.29, 0.717) is 5.82 Å². The first-order valence-electron chi connectivity index (χ1n) is 14.0. The first kappa shape index (κ1) is 24.7. The van der Waals surface area contributed by atoms with Crippen LogP contribution < -0.4 is 10.6 Å². The van der Waals surface area contributed by atoms with Crippen molar-refractivity contribution < 1.29 is 4.57 Å². The van der Waals surface area contributed by atoms with E-state index in [1.807, 2.05) is 72.0 Å². The number of hydrogen-bond acceptors (Lipinski definition) is 3. The highest BCUT2D eigenvalue weighted by Crippen LogP contribution is 2.52. The van der Waals surface area contributed by atoms with Gasteiger partial charge in [0.05, 0.1) is 0 Å². The Morgan fingerprint density at radius 1 is 0.548 bits per heavy atom. The van der Waals surface area contributed by atoms with Gasteiger partial charge in [0.1, 0.15) is 7.14 Å². The zero-order valence-electron chi connectivity index (χ0n) is 23.0. The van der Waals surface area contributed by atoms with Crippen LogP contribution in [0.2, 0.25) is 0 Å². The van der Waals surface area contributed by atoms with E-state index in [4.69, 9.17) is 10.1 Å². The Bertz CT molecular complexity index is 2170. The Morgan fingerprint density at radius 2 is 1.14 bits per heavy atom. The monoisotopic (exact) mass is 559 g/mol. The van der Waals surface area contributed by atoms with Gasteiger partial charge in [0.2, 0.25) is 0 Å². The summed E-state index contributed by atoms with van der Waals surface area (Å²) in [6.45, 7) is 1.89. The van der Waals surface area contributed by atoms with Gasteiger partial charge in [-0.3, -0.25) is 0 Å². The van der Waals surface area contributed by atoms with Crippen LogP contribution in [0.5, 0.6) is 0 Å². The molecule has 3 heterocycles. The molecule has 0 saturated carbocycles. The summed E-state index contributed by atoms with van der Waals surface area (Å²) in [5.41, 5.74) is 10.3. The van der Waals surface area contributed by atoms with E-state index in [9.17, 15) is 4.57 Å². The Morgan fingerprint density at radius 3 is 1.90 bits per heavy atom. The van der Waals surface area contributed by atoms with E-state index in [0.717, 1.165) is 66.3 Å². The highest BCUT2D eigenvalue weighted by molar-refractivity contribution is 7.79. The summed E-state index contributed by atoms with van der Waals surface area (Å²) in [6, 6.07) is 45.5. The summed E-state index contributed by atoms with van der Waals surface area (Å²) in [6.07, 6.45) is 2.05. The number of nitrogens with zero attached hydrogens (tertiary/aromatic N) is 3. The van der Waals surface area contributed by atoms with E-state index in [1.54, 1.807) is 0 Å². The fraction of sp³-hybridized carbons (Fsp3) is 0.0270. The molecule has 5 aromatic carbocycles. The first-order chi connectivity index (χ1) is 20.6. The van der Waals surface area contributed by atoms with E-state index in [1.165, 1.54) is 0 Å². The van der Waals surface area contributed by atoms with Crippen LogP contribution >= 0.6 is 7.14 Å². The SMILES string of the molecule is CP1(=O)c2ccccc2-c2cccc(-c3ccc(-c4nc5c(-c6ccccc6)cc(-c6ccccc6)cn5n4)cc3)c21. The molecule has 1 unspecified atom stereocenters. The van der Waals surface area contributed by atoms with Crippen molar-refractivity contribution in [2.45, 2.75) is 0 Å². The number of rotatable bonds is 4. The summed E-state index contributed by atoms with van der Waals surface area (Å²) >= 11 is 0. The number of aromatic nitrogens is 3. The predicted molar refractivity (Wildman–Crippen MR) is 173 cm³/mol. The molecule has 1 aliphatic heterocycles. The Hall–Kier alpha value is -5.05. The van der Waals surface area contributed by atoms with Gasteiger partial charge in [0.25, 0.3) is 0 Å². The lowest BCUT2D eigenvalue weighted by Gasteiger charge is -2.14. The topological polar surface area (TPSA) is 47.3 Å². The van der Waals surface area contributed by atoms with Gasteiger partial charge in [-0.25, -0.2) is 9.50 Å². The highest BCUT2D eigenvalue weighted by atomic mass is 31.2. The minimum Gasteiger partial charge on any atom is -0.314 e. The Kier molecular flexibility index (Phi) is 5.60. The summed E-state index contributed by atoms with van der Waals surface area (Å²) < 4.78 is 16.0. The van der Waals surface area contributed by atoms with Crippen molar-refractivity contribution in [3.8, 4) is 55.9 Å². The van der Waals surface area contributed by atoms with Gasteiger partial charge in [-0.2, -0.15) is 0 Å². The molecule has 0 radical (unpaired) electrons. The lowest BCUT2D eigenvalue weighted by Crippen LogP contribution is -2.11. The second kappa shape index (κ2) is 9.51. The quantitative estimate of drug-likeness (QED) is 0.204. The molecule has 2 aromatic heterocycles. The first-order valence-corrected chi connectivity index (χ1v) is 16.2. The minimum absolute atomic E-state index is 0.663. The maximum Gasteiger partial charge on any atom is 0.182 e. The second-order valence-corrected chi connectivity index (χ2v) is 13.6. The maximum absolute atomic E-state index is 14.1. The van der Waals surface area contributed by atoms with Gasteiger partial charge in [-0.05, 0) is 46.1 Å². The van der Waals surface area contributed by atoms with Crippen LogP contribution in [0.15, 0.2) is 140 Å². The number of pyridine rings is 1. The smallest absolute Gasteiger partial charge is 0.182 e. The molecule has 5 heteroatoms. The zero-order chi connectivity index (χ0) is 28.3. The van der Waals surface area contributed by atoms with Crippen LogP contribution in [0.25, 0.3) is 61.5 Å². The molecule has 0 aliphatic carbocycles. The summed E-state index contributed by atoms with van der Waals surface area (Å²) in [7, 11) is -2.71. The highest BCUT2D eigenvalue weighted by Gasteiger charge is 2.36. The molecular weight excluding hydrogens is 533 g/mol. The average Bonchev–Trinajstić information content (AvgIpc) is 3.58. The molecule has 0 bridgehead atoms. The molecule has 0 N–H and O–H groups in total. The predicted octanol–water partition coefficient (Wildman–Crippen LogP) is 8.32. The van der Waals surface area contributed by atoms with E-state index in [2.05, 4.69) is 78.9 Å². The fourth-order valence-electron chi connectivity index (χ4n) is 6.17. The van der Waals surface area contributed by atoms with Gasteiger partial charge < -0.3 is 4.57 Å². The van der Waals surface area contributed by atoms with Crippen LogP contribution in [0, 0.1) is 0 Å². The molecule has 1 aliphatic rings. The van der Waals surface area contributed by atoms with E-state index >= 15 is 0 Å². The van der Waals surface area contributed by atoms with Gasteiger partial charge in [0.15, 0.2) is 11.5 Å². The zero-order valence-corrected chi connectivity index (χ0v) is 23.9. The number of benzene rings is 5. The van der Waals surface area contributed by atoms with Gasteiger partial charge in [-0.1, -0.05) is 127 Å². The standard InChI is InChI=1S/C37H26N3OP/c1-42(41)34-18-9-8-15-31(34)32-17-10-16-30(35(32)42)27-19-21-28(22-20-27)36-38-37-33(26-13-6-3-7-14-26)23-29(24-40(37)39-36)25-11-4-2-5-12-25/h2-24H,1H3. The van der Waals surface area contributed by atoms with Crippen LogP contribution in [0.1, 0.15) is 0 Å². The van der Waals surface area contributed by atoms with Gasteiger partial charge in [-0.15, -0.1) is 5.10 Å². The maximum atomic E-state index is 14.1. The van der Waals surface area contributed by atoms with Crippen molar-refractivity contribution in [1.82, 2.24) is 14.6 Å². The van der Waals surface area contributed by atoms with Gasteiger partial charge >= 0.3 is 0 Å². The van der Waals surface area contributed by atoms with Crippen molar-refractivity contribution in [2.75, 3.05) is 6.66 Å². The van der Waals surface area contributed by atoms with E-state index in [-0.39, 0.29) is 0 Å².